The number of hydrogen-bond donors (Lipinski definition) is 0. The molecule has 2 aliphatic rings. The summed E-state index contributed by atoms with van der Waals surface area (Å²) >= 11 is 12.0. The summed E-state index contributed by atoms with van der Waals surface area (Å²) in [6, 6.07) is 7.01. The normalized spacial score (nSPS) is 17.5. The Hall–Kier alpha value is -2.26. The fraction of sp³-hybridized carbons (Fsp3) is 0.333. The van der Waals surface area contributed by atoms with E-state index in [1.54, 1.807) is 25.3 Å². The van der Waals surface area contributed by atoms with E-state index in [4.69, 9.17) is 42.1 Å². The van der Waals surface area contributed by atoms with E-state index < -0.39 is 0 Å². The van der Waals surface area contributed by atoms with Crippen molar-refractivity contribution in [3.05, 3.63) is 45.4 Å². The molecule has 2 heterocycles. The standard InChI is InChI=1S/C21H19Cl2NO4/c1-24-8-7-13-10-18-20(28-12-27-18)21(25-2)19(13)16(24)4-3-9-26-17-6-5-14(22)11-15(17)23/h5-6,10-11,16H,7-9,12H2,1-2H3/t16-/m1/s1. The Kier molecular flexibility index (Phi) is 5.45. The molecule has 0 amide bonds. The van der Waals surface area contributed by atoms with E-state index in [1.165, 1.54) is 5.56 Å². The molecule has 0 bridgehead atoms. The molecule has 2 aliphatic heterocycles. The Morgan fingerprint density at radius 1 is 1.25 bits per heavy atom. The molecule has 146 valence electrons. The third-order valence-corrected chi connectivity index (χ3v) is 5.36. The lowest BCUT2D eigenvalue weighted by Gasteiger charge is -2.32. The SMILES string of the molecule is COc1c2c(cc3c1[C@@H](C#CCOc1ccc(Cl)cc1Cl)N(C)CC3)OCO2. The van der Waals surface area contributed by atoms with Crippen LogP contribution in [0.15, 0.2) is 24.3 Å². The second kappa shape index (κ2) is 8.00. The zero-order chi connectivity index (χ0) is 19.7. The van der Waals surface area contributed by atoms with Crippen molar-refractivity contribution >= 4 is 23.2 Å². The molecule has 2 aromatic rings. The predicted molar refractivity (Wildman–Crippen MR) is 108 cm³/mol. The minimum Gasteiger partial charge on any atom is -0.492 e. The zero-order valence-corrected chi connectivity index (χ0v) is 17.1. The van der Waals surface area contributed by atoms with Gasteiger partial charge in [0, 0.05) is 17.1 Å². The number of halogens is 2. The number of nitrogens with zero attached hydrogens (tertiary/aromatic N) is 1. The maximum absolute atomic E-state index is 6.13. The highest BCUT2D eigenvalue weighted by atomic mass is 35.5. The Bertz CT molecular complexity index is 967. The number of ether oxygens (including phenoxy) is 4. The first-order chi connectivity index (χ1) is 13.6. The number of likely N-dealkylation sites (N-methyl/N-ethyl adjacent to an activating group) is 1. The molecule has 0 unspecified atom stereocenters. The summed E-state index contributed by atoms with van der Waals surface area (Å²) in [5.74, 6) is 9.02. The van der Waals surface area contributed by atoms with Gasteiger partial charge in [-0.25, -0.2) is 0 Å². The second-order valence-corrected chi connectivity index (χ2v) is 7.38. The molecule has 0 aliphatic carbocycles. The molecule has 5 nitrogen and oxygen atoms in total. The van der Waals surface area contributed by atoms with Gasteiger partial charge in [-0.2, -0.15) is 0 Å². The van der Waals surface area contributed by atoms with Crippen LogP contribution in [0.5, 0.6) is 23.0 Å². The van der Waals surface area contributed by atoms with Crippen molar-refractivity contribution in [2.75, 3.05) is 34.1 Å². The van der Waals surface area contributed by atoms with Crippen molar-refractivity contribution in [2.45, 2.75) is 12.5 Å². The van der Waals surface area contributed by atoms with Crippen molar-refractivity contribution in [3.8, 4) is 34.8 Å². The van der Waals surface area contributed by atoms with E-state index >= 15 is 0 Å². The third kappa shape index (κ3) is 3.56. The second-order valence-electron chi connectivity index (χ2n) is 6.53. The maximum Gasteiger partial charge on any atom is 0.231 e. The van der Waals surface area contributed by atoms with E-state index in [9.17, 15) is 0 Å². The summed E-state index contributed by atoms with van der Waals surface area (Å²) in [6.07, 6.45) is 0.897. The molecule has 0 fully saturated rings. The first-order valence-corrected chi connectivity index (χ1v) is 9.60. The first-order valence-electron chi connectivity index (χ1n) is 8.84. The van der Waals surface area contributed by atoms with E-state index in [2.05, 4.69) is 16.7 Å². The van der Waals surface area contributed by atoms with Crippen LogP contribution in [0.3, 0.4) is 0 Å². The van der Waals surface area contributed by atoms with Crippen molar-refractivity contribution in [3.63, 3.8) is 0 Å². The quantitative estimate of drug-likeness (QED) is 0.691. The molecule has 0 radical (unpaired) electrons. The first kappa shape index (κ1) is 19.1. The molecule has 0 aromatic heterocycles. The van der Waals surface area contributed by atoms with Crippen LogP contribution in [0.4, 0.5) is 0 Å². The van der Waals surface area contributed by atoms with Crippen molar-refractivity contribution < 1.29 is 18.9 Å². The molecule has 4 rings (SSSR count). The maximum atomic E-state index is 6.13. The molecule has 0 N–H and O–H groups in total. The van der Waals surface area contributed by atoms with Gasteiger partial charge in [-0.1, -0.05) is 35.0 Å². The molecule has 1 atom stereocenters. The Morgan fingerprint density at radius 2 is 2.11 bits per heavy atom. The van der Waals surface area contributed by atoms with Gasteiger partial charge >= 0.3 is 0 Å². The van der Waals surface area contributed by atoms with Crippen LogP contribution >= 0.6 is 23.2 Å². The highest BCUT2D eigenvalue weighted by Crippen LogP contribution is 2.49. The highest BCUT2D eigenvalue weighted by Gasteiger charge is 2.33. The van der Waals surface area contributed by atoms with Gasteiger partial charge in [0.2, 0.25) is 12.5 Å². The Morgan fingerprint density at radius 3 is 2.89 bits per heavy atom. The van der Waals surface area contributed by atoms with Gasteiger partial charge in [-0.15, -0.1) is 0 Å². The zero-order valence-electron chi connectivity index (χ0n) is 15.6. The van der Waals surface area contributed by atoms with Crippen LogP contribution in [0.1, 0.15) is 17.2 Å². The van der Waals surface area contributed by atoms with Crippen LogP contribution in [-0.2, 0) is 6.42 Å². The molecule has 0 saturated heterocycles. The number of fused-ring (bicyclic) bond motifs is 2. The van der Waals surface area contributed by atoms with Crippen LogP contribution in [0.2, 0.25) is 10.0 Å². The number of methoxy groups -OCH3 is 1. The van der Waals surface area contributed by atoms with Crippen LogP contribution in [0, 0.1) is 11.8 Å². The summed E-state index contributed by atoms with van der Waals surface area (Å²) in [7, 11) is 3.69. The number of rotatable bonds is 3. The van der Waals surface area contributed by atoms with E-state index in [0.717, 1.165) is 24.3 Å². The molecule has 7 heteroatoms. The molecule has 2 aromatic carbocycles. The number of hydrogen-bond acceptors (Lipinski definition) is 5. The lowest BCUT2D eigenvalue weighted by atomic mass is 9.91. The monoisotopic (exact) mass is 419 g/mol. The molecule has 0 saturated carbocycles. The Balaban J connectivity index is 1.59. The van der Waals surface area contributed by atoms with Gasteiger partial charge in [0.25, 0.3) is 0 Å². The van der Waals surface area contributed by atoms with Gasteiger partial charge in [-0.05, 0) is 43.3 Å². The fourth-order valence-electron chi connectivity index (χ4n) is 3.46. The Labute approximate surface area is 174 Å². The molecular formula is C21H19Cl2NO4. The van der Waals surface area contributed by atoms with E-state index in [-0.39, 0.29) is 19.4 Å². The lowest BCUT2D eigenvalue weighted by Crippen LogP contribution is -2.31. The predicted octanol–water partition coefficient (Wildman–Crippen LogP) is 4.34. The molecular weight excluding hydrogens is 401 g/mol. The topological polar surface area (TPSA) is 40.2 Å². The van der Waals surface area contributed by atoms with Gasteiger partial charge in [0.1, 0.15) is 18.4 Å². The van der Waals surface area contributed by atoms with Crippen molar-refractivity contribution in [2.24, 2.45) is 0 Å². The van der Waals surface area contributed by atoms with E-state index in [1.807, 2.05) is 13.1 Å². The van der Waals surface area contributed by atoms with Crippen LogP contribution in [-0.4, -0.2) is 39.0 Å². The largest absolute Gasteiger partial charge is 0.492 e. The minimum absolute atomic E-state index is 0.127. The minimum atomic E-state index is -0.127. The van der Waals surface area contributed by atoms with Gasteiger partial charge < -0.3 is 18.9 Å². The van der Waals surface area contributed by atoms with E-state index in [0.29, 0.717) is 27.3 Å². The summed E-state index contributed by atoms with van der Waals surface area (Å²) in [4.78, 5) is 2.19. The van der Waals surface area contributed by atoms with Gasteiger partial charge in [0.05, 0.1) is 12.1 Å². The fourth-order valence-corrected chi connectivity index (χ4v) is 3.92. The van der Waals surface area contributed by atoms with Crippen molar-refractivity contribution in [1.82, 2.24) is 4.90 Å². The summed E-state index contributed by atoms with van der Waals surface area (Å²) in [6.45, 7) is 1.31. The average molecular weight is 420 g/mol. The summed E-state index contributed by atoms with van der Waals surface area (Å²) in [5, 5.41) is 1.03. The van der Waals surface area contributed by atoms with Gasteiger partial charge in [-0.3, -0.25) is 4.90 Å². The molecule has 0 spiro atoms. The van der Waals surface area contributed by atoms with Crippen LogP contribution in [0.25, 0.3) is 0 Å². The molecule has 28 heavy (non-hydrogen) atoms. The third-order valence-electron chi connectivity index (χ3n) is 4.83. The van der Waals surface area contributed by atoms with Gasteiger partial charge in [0.15, 0.2) is 11.5 Å². The summed E-state index contributed by atoms with van der Waals surface area (Å²) < 4.78 is 22.5. The number of benzene rings is 2. The smallest absolute Gasteiger partial charge is 0.231 e. The van der Waals surface area contributed by atoms with Crippen molar-refractivity contribution in [1.29, 1.82) is 0 Å². The lowest BCUT2D eigenvalue weighted by molar-refractivity contribution is 0.171. The average Bonchev–Trinajstić information content (AvgIpc) is 3.14. The summed E-state index contributed by atoms with van der Waals surface area (Å²) in [5.41, 5.74) is 2.19. The highest BCUT2D eigenvalue weighted by molar-refractivity contribution is 6.35. The van der Waals surface area contributed by atoms with Crippen LogP contribution < -0.4 is 18.9 Å².